The number of fused-ring (bicyclic) bond motifs is 1. The van der Waals surface area contributed by atoms with Gasteiger partial charge in [0.1, 0.15) is 0 Å². The summed E-state index contributed by atoms with van der Waals surface area (Å²) in [6.45, 7) is 2.11. The molecule has 0 amide bonds. The lowest BCUT2D eigenvalue weighted by Gasteiger charge is -2.15. The highest BCUT2D eigenvalue weighted by atomic mass is 35.5. The molecule has 0 saturated carbocycles. The molecule has 0 bridgehead atoms. The van der Waals surface area contributed by atoms with Crippen molar-refractivity contribution in [3.8, 4) is 22.4 Å². The van der Waals surface area contributed by atoms with Crippen molar-refractivity contribution in [3.63, 3.8) is 0 Å². The largest absolute Gasteiger partial charge is 0.247 e. The van der Waals surface area contributed by atoms with Gasteiger partial charge in [-0.15, -0.1) is 0 Å². The first-order chi connectivity index (χ1) is 12.1. The molecule has 1 nitrogen and oxygen atoms in total. The maximum atomic E-state index is 6.26. The second-order valence-corrected chi connectivity index (χ2v) is 6.87. The number of aromatic nitrogens is 1. The molecule has 0 N–H and O–H groups in total. The Morgan fingerprint density at radius 2 is 1.40 bits per heavy atom. The molecule has 4 aromatic rings. The molecule has 0 atom stereocenters. The van der Waals surface area contributed by atoms with Crippen LogP contribution in [0.1, 0.15) is 5.56 Å². The molecule has 0 spiro atoms. The smallest absolute Gasteiger partial charge is 0.0745 e. The van der Waals surface area contributed by atoms with Crippen LogP contribution in [0.15, 0.2) is 72.8 Å². The Morgan fingerprint density at radius 3 is 2.12 bits per heavy atom. The Morgan fingerprint density at radius 1 is 0.720 bits per heavy atom. The van der Waals surface area contributed by atoms with Crippen molar-refractivity contribution in [1.29, 1.82) is 0 Å². The molecule has 3 aromatic carbocycles. The van der Waals surface area contributed by atoms with Gasteiger partial charge in [-0.1, -0.05) is 65.7 Å². The number of hydrogen-bond donors (Lipinski definition) is 0. The topological polar surface area (TPSA) is 12.9 Å². The van der Waals surface area contributed by atoms with Crippen LogP contribution in [-0.2, 0) is 0 Å². The minimum Gasteiger partial charge on any atom is -0.247 e. The second kappa shape index (κ2) is 6.51. The van der Waals surface area contributed by atoms with Crippen LogP contribution in [0.5, 0.6) is 0 Å². The molecule has 1 heterocycles. The molecule has 1 aromatic heterocycles. The normalized spacial score (nSPS) is 11.0. The van der Waals surface area contributed by atoms with Gasteiger partial charge >= 0.3 is 0 Å². The molecule has 0 fully saturated rings. The van der Waals surface area contributed by atoms with E-state index in [1.54, 1.807) is 0 Å². The maximum absolute atomic E-state index is 6.26. The van der Waals surface area contributed by atoms with E-state index in [2.05, 4.69) is 19.1 Å². The summed E-state index contributed by atoms with van der Waals surface area (Å²) in [7, 11) is 0. The highest BCUT2D eigenvalue weighted by Crippen LogP contribution is 2.37. The zero-order valence-corrected chi connectivity index (χ0v) is 15.1. The molecule has 3 heteroatoms. The zero-order valence-electron chi connectivity index (χ0n) is 13.6. The van der Waals surface area contributed by atoms with E-state index in [0.717, 1.165) is 43.9 Å². The number of nitrogens with zero attached hydrogens (tertiary/aromatic N) is 1. The molecule has 0 aliphatic heterocycles. The van der Waals surface area contributed by atoms with Crippen LogP contribution in [-0.4, -0.2) is 4.98 Å². The van der Waals surface area contributed by atoms with Gasteiger partial charge in [-0.2, -0.15) is 0 Å². The van der Waals surface area contributed by atoms with Gasteiger partial charge < -0.3 is 0 Å². The van der Waals surface area contributed by atoms with Gasteiger partial charge in [0.05, 0.1) is 11.2 Å². The van der Waals surface area contributed by atoms with Crippen LogP contribution in [0.2, 0.25) is 10.0 Å². The second-order valence-electron chi connectivity index (χ2n) is 5.99. The predicted octanol–water partition coefficient (Wildman–Crippen LogP) is 7.18. The molecular formula is C22H15Cl2N. The Balaban J connectivity index is 2.08. The van der Waals surface area contributed by atoms with Crippen LogP contribution in [0.25, 0.3) is 33.3 Å². The predicted molar refractivity (Wildman–Crippen MR) is 107 cm³/mol. The van der Waals surface area contributed by atoms with Gasteiger partial charge in [-0.05, 0) is 53.9 Å². The van der Waals surface area contributed by atoms with Gasteiger partial charge in [0, 0.05) is 21.0 Å². The van der Waals surface area contributed by atoms with Gasteiger partial charge in [-0.25, -0.2) is 4.98 Å². The Kier molecular flexibility index (Phi) is 4.20. The minimum atomic E-state index is 0.713. The molecule has 4 rings (SSSR count). The van der Waals surface area contributed by atoms with Gasteiger partial charge in [0.25, 0.3) is 0 Å². The van der Waals surface area contributed by atoms with Crippen molar-refractivity contribution >= 4 is 34.1 Å². The lowest BCUT2D eigenvalue weighted by atomic mass is 9.93. The molecule has 0 unspecified atom stereocenters. The van der Waals surface area contributed by atoms with E-state index in [1.165, 1.54) is 0 Å². The van der Waals surface area contributed by atoms with Crippen molar-refractivity contribution in [2.24, 2.45) is 0 Å². The van der Waals surface area contributed by atoms with Crippen LogP contribution in [0.4, 0.5) is 0 Å². The fraction of sp³-hybridized carbons (Fsp3) is 0.0455. The first-order valence-corrected chi connectivity index (χ1v) is 8.80. The molecule has 122 valence electrons. The quantitative estimate of drug-likeness (QED) is 0.367. The van der Waals surface area contributed by atoms with Crippen LogP contribution < -0.4 is 0 Å². The number of hydrogen-bond acceptors (Lipinski definition) is 1. The molecule has 25 heavy (non-hydrogen) atoms. The molecule has 0 radical (unpaired) electrons. The summed E-state index contributed by atoms with van der Waals surface area (Å²) in [5.41, 5.74) is 6.39. The fourth-order valence-corrected chi connectivity index (χ4v) is 3.49. The summed E-state index contributed by atoms with van der Waals surface area (Å²) in [5, 5.41) is 2.50. The van der Waals surface area contributed by atoms with Gasteiger partial charge in [-0.3, -0.25) is 0 Å². The van der Waals surface area contributed by atoms with Gasteiger partial charge in [0.15, 0.2) is 0 Å². The van der Waals surface area contributed by atoms with Crippen molar-refractivity contribution in [2.75, 3.05) is 0 Å². The minimum absolute atomic E-state index is 0.713. The Bertz CT molecular complexity index is 1050. The van der Waals surface area contributed by atoms with E-state index < -0.39 is 0 Å². The third-order valence-corrected chi connectivity index (χ3v) is 4.86. The third kappa shape index (κ3) is 3.02. The Labute approximate surface area is 156 Å². The third-order valence-electron chi connectivity index (χ3n) is 4.37. The van der Waals surface area contributed by atoms with Crippen LogP contribution in [0.3, 0.4) is 0 Å². The molecule has 0 aliphatic carbocycles. The summed E-state index contributed by atoms with van der Waals surface area (Å²) < 4.78 is 0. The van der Waals surface area contributed by atoms with E-state index in [1.807, 2.05) is 60.7 Å². The number of benzene rings is 3. The SMILES string of the molecule is Cc1c(-c2ccc(Cl)cc2)nc2ccc(Cl)cc2c1-c1ccccc1. The first kappa shape index (κ1) is 16.1. The number of rotatable bonds is 2. The summed E-state index contributed by atoms with van der Waals surface area (Å²) in [6.07, 6.45) is 0. The van der Waals surface area contributed by atoms with Crippen molar-refractivity contribution in [3.05, 3.63) is 88.4 Å². The summed E-state index contributed by atoms with van der Waals surface area (Å²) in [5.74, 6) is 0. The monoisotopic (exact) mass is 363 g/mol. The molecule has 0 saturated heterocycles. The standard InChI is InChI=1S/C22H15Cl2N/c1-14-21(15-5-3-2-4-6-15)19-13-18(24)11-12-20(19)25-22(14)16-7-9-17(23)10-8-16/h2-13H,1H3. The highest BCUT2D eigenvalue weighted by Gasteiger charge is 2.15. The Hall–Kier alpha value is -2.35. The van der Waals surface area contributed by atoms with E-state index in [-0.39, 0.29) is 0 Å². The van der Waals surface area contributed by atoms with Crippen molar-refractivity contribution in [1.82, 2.24) is 4.98 Å². The average Bonchev–Trinajstić information content (AvgIpc) is 2.63. The lowest BCUT2D eigenvalue weighted by molar-refractivity contribution is 1.33. The molecular weight excluding hydrogens is 349 g/mol. The van der Waals surface area contributed by atoms with E-state index >= 15 is 0 Å². The van der Waals surface area contributed by atoms with E-state index in [9.17, 15) is 0 Å². The van der Waals surface area contributed by atoms with Gasteiger partial charge in [0.2, 0.25) is 0 Å². The highest BCUT2D eigenvalue weighted by molar-refractivity contribution is 6.31. The van der Waals surface area contributed by atoms with E-state index in [4.69, 9.17) is 28.2 Å². The maximum Gasteiger partial charge on any atom is 0.0745 e. The summed E-state index contributed by atoms with van der Waals surface area (Å²) >= 11 is 12.3. The zero-order chi connectivity index (χ0) is 17.4. The first-order valence-electron chi connectivity index (χ1n) is 8.05. The average molecular weight is 364 g/mol. The number of pyridine rings is 1. The van der Waals surface area contributed by atoms with Crippen LogP contribution in [0, 0.1) is 6.92 Å². The summed E-state index contributed by atoms with van der Waals surface area (Å²) in [6, 6.07) is 24.0. The summed E-state index contributed by atoms with van der Waals surface area (Å²) in [4.78, 5) is 4.90. The molecule has 0 aliphatic rings. The van der Waals surface area contributed by atoms with Crippen molar-refractivity contribution < 1.29 is 0 Å². The van der Waals surface area contributed by atoms with Crippen LogP contribution >= 0.6 is 23.2 Å². The van der Waals surface area contributed by atoms with E-state index in [0.29, 0.717) is 5.02 Å². The fourth-order valence-electron chi connectivity index (χ4n) is 3.20. The lowest BCUT2D eigenvalue weighted by Crippen LogP contribution is -1.95. The number of halogens is 2. The van der Waals surface area contributed by atoms with Crippen molar-refractivity contribution in [2.45, 2.75) is 6.92 Å².